The fourth-order valence-electron chi connectivity index (χ4n) is 3.32. The van der Waals surface area contributed by atoms with Crippen LogP contribution in [0.15, 0.2) is 0 Å². The Hall–Kier alpha value is 0. The third kappa shape index (κ3) is 1.53. The molecule has 0 saturated heterocycles. The van der Waals surface area contributed by atoms with Crippen LogP contribution in [-0.2, 0) is 0 Å². The van der Waals surface area contributed by atoms with E-state index in [1.807, 2.05) is 0 Å². The summed E-state index contributed by atoms with van der Waals surface area (Å²) in [7, 11) is 0. The molecule has 0 N–H and O–H groups in total. The van der Waals surface area contributed by atoms with Crippen LogP contribution in [0.25, 0.3) is 0 Å². The maximum atomic E-state index is 2.45. The largest absolute Gasteiger partial charge is 0.0622 e. The van der Waals surface area contributed by atoms with Crippen molar-refractivity contribution in [2.75, 3.05) is 0 Å². The van der Waals surface area contributed by atoms with E-state index in [4.69, 9.17) is 0 Å². The summed E-state index contributed by atoms with van der Waals surface area (Å²) >= 11 is 0. The lowest BCUT2D eigenvalue weighted by Crippen LogP contribution is -2.31. The quantitative estimate of drug-likeness (QED) is 0.512. The summed E-state index contributed by atoms with van der Waals surface area (Å²) in [6.45, 7) is 4.91. The van der Waals surface area contributed by atoms with Crippen molar-refractivity contribution in [2.45, 2.75) is 52.4 Å². The van der Waals surface area contributed by atoms with E-state index in [2.05, 4.69) is 13.8 Å². The van der Waals surface area contributed by atoms with E-state index in [0.717, 1.165) is 23.7 Å². The van der Waals surface area contributed by atoms with Gasteiger partial charge in [-0.15, -0.1) is 0 Å². The van der Waals surface area contributed by atoms with Crippen LogP contribution in [-0.4, -0.2) is 0 Å². The standard InChI is InChI=1S/C12H22/c1-9-7-11-5-3-4-6-12(11)8-10(9)2/h9-12H,3-8H2,1-2H3/t9-,10+,11-,12?/m1/s1. The van der Waals surface area contributed by atoms with E-state index in [1.54, 1.807) is 12.8 Å². The van der Waals surface area contributed by atoms with Gasteiger partial charge in [-0.2, -0.15) is 0 Å². The van der Waals surface area contributed by atoms with E-state index in [-0.39, 0.29) is 0 Å². The molecule has 0 heterocycles. The van der Waals surface area contributed by atoms with E-state index in [1.165, 1.54) is 25.7 Å². The van der Waals surface area contributed by atoms with Gasteiger partial charge in [0.1, 0.15) is 0 Å². The monoisotopic (exact) mass is 166 g/mol. The van der Waals surface area contributed by atoms with Crippen molar-refractivity contribution in [2.24, 2.45) is 23.7 Å². The summed E-state index contributed by atoms with van der Waals surface area (Å²) in [5.74, 6) is 4.24. The van der Waals surface area contributed by atoms with Crippen LogP contribution in [0.1, 0.15) is 52.4 Å². The highest BCUT2D eigenvalue weighted by molar-refractivity contribution is 4.84. The van der Waals surface area contributed by atoms with Crippen LogP contribution in [0, 0.1) is 23.7 Å². The summed E-state index contributed by atoms with van der Waals surface area (Å²) in [6.07, 6.45) is 9.19. The van der Waals surface area contributed by atoms with Gasteiger partial charge in [0.05, 0.1) is 0 Å². The SMILES string of the molecule is C[C@@H]1C[C@H]2CCCCC2C[C@@H]1C. The minimum atomic E-state index is 1.00. The molecule has 0 nitrogen and oxygen atoms in total. The van der Waals surface area contributed by atoms with E-state index in [0.29, 0.717) is 0 Å². The van der Waals surface area contributed by atoms with Gasteiger partial charge in [-0.05, 0) is 36.5 Å². The smallest absolute Gasteiger partial charge is 0.0383 e. The Morgan fingerprint density at radius 1 is 0.750 bits per heavy atom. The first-order valence-electron chi connectivity index (χ1n) is 5.77. The zero-order valence-corrected chi connectivity index (χ0v) is 8.55. The molecule has 2 rings (SSSR count). The van der Waals surface area contributed by atoms with E-state index >= 15 is 0 Å². The van der Waals surface area contributed by atoms with Crippen molar-refractivity contribution >= 4 is 0 Å². The Morgan fingerprint density at radius 3 is 1.58 bits per heavy atom. The van der Waals surface area contributed by atoms with Crippen molar-refractivity contribution < 1.29 is 0 Å². The van der Waals surface area contributed by atoms with Gasteiger partial charge in [-0.25, -0.2) is 0 Å². The molecule has 0 spiro atoms. The fraction of sp³-hybridized carbons (Fsp3) is 1.00. The second kappa shape index (κ2) is 3.40. The fourth-order valence-corrected chi connectivity index (χ4v) is 3.32. The van der Waals surface area contributed by atoms with Gasteiger partial charge in [0.2, 0.25) is 0 Å². The predicted octanol–water partition coefficient (Wildman–Crippen LogP) is 3.86. The maximum Gasteiger partial charge on any atom is -0.0383 e. The highest BCUT2D eigenvalue weighted by atomic mass is 14.4. The van der Waals surface area contributed by atoms with Gasteiger partial charge in [0.15, 0.2) is 0 Å². The molecule has 0 aliphatic heterocycles. The Bertz CT molecular complexity index is 132. The molecule has 2 aliphatic carbocycles. The molecule has 2 fully saturated rings. The predicted molar refractivity (Wildman–Crippen MR) is 53.0 cm³/mol. The topological polar surface area (TPSA) is 0 Å². The van der Waals surface area contributed by atoms with Gasteiger partial charge in [-0.1, -0.05) is 39.5 Å². The normalized spacial score (nSPS) is 48.5. The van der Waals surface area contributed by atoms with Crippen LogP contribution in [0.4, 0.5) is 0 Å². The highest BCUT2D eigenvalue weighted by Gasteiger charge is 2.33. The van der Waals surface area contributed by atoms with E-state index < -0.39 is 0 Å². The van der Waals surface area contributed by atoms with Crippen LogP contribution < -0.4 is 0 Å². The zero-order valence-electron chi connectivity index (χ0n) is 8.55. The van der Waals surface area contributed by atoms with Crippen molar-refractivity contribution in [3.8, 4) is 0 Å². The van der Waals surface area contributed by atoms with Crippen molar-refractivity contribution in [1.82, 2.24) is 0 Å². The van der Waals surface area contributed by atoms with Gasteiger partial charge < -0.3 is 0 Å². The Balaban J connectivity index is 1.98. The molecule has 0 amide bonds. The molecule has 0 aromatic rings. The first-order valence-corrected chi connectivity index (χ1v) is 5.77. The van der Waals surface area contributed by atoms with Crippen LogP contribution in [0.5, 0.6) is 0 Å². The summed E-state index contributed by atoms with van der Waals surface area (Å²) in [4.78, 5) is 0. The molecule has 0 bridgehead atoms. The minimum Gasteiger partial charge on any atom is -0.0622 e. The van der Waals surface area contributed by atoms with Gasteiger partial charge >= 0.3 is 0 Å². The minimum absolute atomic E-state index is 1.00. The number of rotatable bonds is 0. The first kappa shape index (κ1) is 8.59. The highest BCUT2D eigenvalue weighted by Crippen LogP contribution is 2.44. The van der Waals surface area contributed by atoms with Gasteiger partial charge in [-0.3, -0.25) is 0 Å². The van der Waals surface area contributed by atoms with Crippen molar-refractivity contribution in [1.29, 1.82) is 0 Å². The molecule has 0 aromatic carbocycles. The van der Waals surface area contributed by atoms with Crippen LogP contribution >= 0.6 is 0 Å². The summed E-state index contributed by atoms with van der Waals surface area (Å²) < 4.78 is 0. The van der Waals surface area contributed by atoms with Gasteiger partial charge in [0.25, 0.3) is 0 Å². The summed E-state index contributed by atoms with van der Waals surface area (Å²) in [6, 6.07) is 0. The molecular weight excluding hydrogens is 144 g/mol. The summed E-state index contributed by atoms with van der Waals surface area (Å²) in [5, 5.41) is 0. The third-order valence-corrected chi connectivity index (χ3v) is 4.39. The maximum absolute atomic E-state index is 2.45. The third-order valence-electron chi connectivity index (χ3n) is 4.39. The lowest BCUT2D eigenvalue weighted by molar-refractivity contribution is 0.0942. The molecule has 0 radical (unpaired) electrons. The molecule has 2 aliphatic rings. The van der Waals surface area contributed by atoms with Gasteiger partial charge in [0, 0.05) is 0 Å². The first-order chi connectivity index (χ1) is 5.77. The lowest BCUT2D eigenvalue weighted by atomic mass is 9.64. The Kier molecular flexibility index (Phi) is 2.43. The summed E-state index contributed by atoms with van der Waals surface area (Å²) in [5.41, 5.74) is 0. The molecule has 0 heteroatoms. The van der Waals surface area contributed by atoms with Crippen molar-refractivity contribution in [3.63, 3.8) is 0 Å². The Labute approximate surface area is 76.7 Å². The zero-order chi connectivity index (χ0) is 8.55. The number of fused-ring (bicyclic) bond motifs is 1. The average Bonchev–Trinajstić information content (AvgIpc) is 2.07. The molecular formula is C12H22. The molecule has 2 saturated carbocycles. The molecule has 12 heavy (non-hydrogen) atoms. The molecule has 4 atom stereocenters. The van der Waals surface area contributed by atoms with E-state index in [9.17, 15) is 0 Å². The number of hydrogen-bond donors (Lipinski definition) is 0. The number of hydrogen-bond acceptors (Lipinski definition) is 0. The lowest BCUT2D eigenvalue weighted by Gasteiger charge is -2.41. The van der Waals surface area contributed by atoms with Crippen molar-refractivity contribution in [3.05, 3.63) is 0 Å². The molecule has 0 aromatic heterocycles. The molecule has 70 valence electrons. The van der Waals surface area contributed by atoms with Crippen LogP contribution in [0.2, 0.25) is 0 Å². The second-order valence-electron chi connectivity index (χ2n) is 5.23. The molecule has 1 unspecified atom stereocenters. The second-order valence-corrected chi connectivity index (χ2v) is 5.23. The Morgan fingerprint density at radius 2 is 1.17 bits per heavy atom. The van der Waals surface area contributed by atoms with Crippen LogP contribution in [0.3, 0.4) is 0 Å². The average molecular weight is 166 g/mol.